The van der Waals surface area contributed by atoms with E-state index in [-0.39, 0.29) is 64.4 Å². The average Bonchev–Trinajstić information content (AvgIpc) is 3.34. The molecule has 1 fully saturated rings. The molecule has 2 aliphatic rings. The maximum absolute atomic E-state index is 13.0. The van der Waals surface area contributed by atoms with Gasteiger partial charge >= 0.3 is 5.97 Å². The number of amides is 2. The summed E-state index contributed by atoms with van der Waals surface area (Å²) in [7, 11) is 0. The van der Waals surface area contributed by atoms with Gasteiger partial charge in [0.25, 0.3) is 0 Å². The van der Waals surface area contributed by atoms with E-state index in [1.807, 2.05) is 0 Å². The van der Waals surface area contributed by atoms with Crippen LogP contribution in [-0.4, -0.2) is 86.0 Å². The zero-order valence-electron chi connectivity index (χ0n) is 19.2. The molecule has 4 N–H and O–H groups in total. The lowest BCUT2D eigenvalue weighted by Crippen LogP contribution is -2.43. The summed E-state index contributed by atoms with van der Waals surface area (Å²) >= 11 is 0. The van der Waals surface area contributed by atoms with Gasteiger partial charge < -0.3 is 39.8 Å². The van der Waals surface area contributed by atoms with Gasteiger partial charge in [-0.15, -0.1) is 0 Å². The molecule has 3 rings (SSSR count). The Morgan fingerprint density at radius 2 is 1.91 bits per heavy atom. The van der Waals surface area contributed by atoms with Gasteiger partial charge in [-0.2, -0.15) is 0 Å². The summed E-state index contributed by atoms with van der Waals surface area (Å²) in [6.07, 6.45) is 2.98. The van der Waals surface area contributed by atoms with Crippen molar-refractivity contribution in [1.82, 2.24) is 10.6 Å². The molecule has 1 aliphatic carbocycles. The first-order chi connectivity index (χ1) is 17.0. The van der Waals surface area contributed by atoms with Crippen LogP contribution in [0.25, 0.3) is 6.08 Å². The highest BCUT2D eigenvalue weighted by Crippen LogP contribution is 2.31. The Morgan fingerprint density at radius 3 is 2.71 bits per heavy atom. The zero-order valence-corrected chi connectivity index (χ0v) is 19.2. The largest absolute Gasteiger partial charge is 0.499 e. The smallest absolute Gasteiger partial charge is 0.339 e. The van der Waals surface area contributed by atoms with Gasteiger partial charge in [0, 0.05) is 31.5 Å². The number of nitrogens with one attached hydrogen (secondary N) is 2. The minimum atomic E-state index is -0.753. The topological polar surface area (TPSA) is 153 Å². The van der Waals surface area contributed by atoms with E-state index in [4.69, 9.17) is 29.2 Å². The van der Waals surface area contributed by atoms with Crippen LogP contribution < -0.4 is 10.6 Å². The Hall–Kier alpha value is -3.25. The number of hydrogen-bond acceptors (Lipinski definition) is 9. The minimum absolute atomic E-state index is 0.0152. The summed E-state index contributed by atoms with van der Waals surface area (Å²) in [5, 5.41) is 22.7. The van der Waals surface area contributed by atoms with Crippen molar-refractivity contribution >= 4 is 23.9 Å². The number of rotatable bonds is 12. The van der Waals surface area contributed by atoms with Crippen molar-refractivity contribution in [2.75, 3.05) is 39.7 Å². The third-order valence-electron chi connectivity index (χ3n) is 5.35. The first kappa shape index (κ1) is 26.4. The third-order valence-corrected chi connectivity index (χ3v) is 5.35. The molecule has 0 saturated carbocycles. The fourth-order valence-corrected chi connectivity index (χ4v) is 3.68. The Kier molecular flexibility index (Phi) is 10.2. The molecular weight excluding hydrogens is 460 g/mol. The molecule has 0 radical (unpaired) electrons. The van der Waals surface area contributed by atoms with Crippen molar-refractivity contribution in [3.63, 3.8) is 0 Å². The molecule has 1 saturated heterocycles. The molecule has 11 nitrogen and oxygen atoms in total. The fourth-order valence-electron chi connectivity index (χ4n) is 3.68. The standard InChI is InChI=1S/C24H30N2O9/c27-9-8-25-21(29)5-7-26-23(30)17-13-19-22(34-15-33-19)20(14-17)35-24(31)18-4-2-1-3-16(18)6-11-32-12-10-28/h1-4,6,11,13,19-20,22,27-28H,5,7-10,12,14-15H2,(H,25,29)(H,26,30). The Balaban J connectivity index is 1.62. The van der Waals surface area contributed by atoms with Crippen LogP contribution in [0.2, 0.25) is 0 Å². The number of ether oxygens (including phenoxy) is 4. The summed E-state index contributed by atoms with van der Waals surface area (Å²) in [5.41, 5.74) is 1.25. The number of aliphatic hydroxyl groups is 2. The molecule has 35 heavy (non-hydrogen) atoms. The summed E-state index contributed by atoms with van der Waals surface area (Å²) in [4.78, 5) is 37.3. The van der Waals surface area contributed by atoms with E-state index in [0.29, 0.717) is 16.7 Å². The van der Waals surface area contributed by atoms with Crippen LogP contribution in [0.5, 0.6) is 0 Å². The van der Waals surface area contributed by atoms with Crippen molar-refractivity contribution in [3.05, 3.63) is 53.3 Å². The van der Waals surface area contributed by atoms with E-state index in [9.17, 15) is 14.4 Å². The van der Waals surface area contributed by atoms with E-state index in [0.717, 1.165) is 0 Å². The number of carbonyl (C=O) groups excluding carboxylic acids is 3. The Morgan fingerprint density at radius 1 is 1.09 bits per heavy atom. The van der Waals surface area contributed by atoms with Crippen LogP contribution in [-0.2, 0) is 28.5 Å². The first-order valence-corrected chi connectivity index (χ1v) is 11.3. The second-order valence-corrected chi connectivity index (χ2v) is 7.78. The molecule has 3 unspecified atom stereocenters. The lowest BCUT2D eigenvalue weighted by Gasteiger charge is -2.30. The van der Waals surface area contributed by atoms with Gasteiger partial charge in [0.1, 0.15) is 31.7 Å². The molecule has 0 aromatic heterocycles. The predicted molar refractivity (Wildman–Crippen MR) is 123 cm³/mol. The molecule has 1 aromatic carbocycles. The van der Waals surface area contributed by atoms with Crippen molar-refractivity contribution in [3.8, 4) is 0 Å². The number of hydrogen-bond donors (Lipinski definition) is 4. The second kappa shape index (κ2) is 13.6. The van der Waals surface area contributed by atoms with Gasteiger partial charge in [-0.1, -0.05) is 18.2 Å². The Labute approximate surface area is 202 Å². The lowest BCUT2D eigenvalue weighted by atomic mass is 9.91. The van der Waals surface area contributed by atoms with Gasteiger partial charge in [-0.25, -0.2) is 4.79 Å². The normalized spacial score (nSPS) is 21.2. The third kappa shape index (κ3) is 7.62. The van der Waals surface area contributed by atoms with Gasteiger partial charge in [0.2, 0.25) is 11.8 Å². The Bertz CT molecular complexity index is 947. The van der Waals surface area contributed by atoms with Gasteiger partial charge in [0.05, 0.1) is 25.0 Å². The van der Waals surface area contributed by atoms with E-state index in [2.05, 4.69) is 10.6 Å². The van der Waals surface area contributed by atoms with E-state index in [1.54, 1.807) is 36.4 Å². The number of aliphatic hydroxyl groups excluding tert-OH is 2. The molecule has 3 atom stereocenters. The molecule has 11 heteroatoms. The summed E-state index contributed by atoms with van der Waals surface area (Å²) in [5.74, 6) is -1.26. The highest BCUT2D eigenvalue weighted by atomic mass is 16.7. The van der Waals surface area contributed by atoms with E-state index >= 15 is 0 Å². The number of fused-ring (bicyclic) bond motifs is 1. The summed E-state index contributed by atoms with van der Waals surface area (Å²) in [6, 6.07) is 6.81. The second-order valence-electron chi connectivity index (χ2n) is 7.78. The number of carbonyl (C=O) groups is 3. The lowest BCUT2D eigenvalue weighted by molar-refractivity contribution is -0.121. The van der Waals surface area contributed by atoms with Crippen LogP contribution >= 0.6 is 0 Å². The van der Waals surface area contributed by atoms with Crippen LogP contribution in [0.15, 0.2) is 42.2 Å². The molecule has 1 aromatic rings. The zero-order chi connectivity index (χ0) is 25.0. The van der Waals surface area contributed by atoms with Crippen molar-refractivity contribution in [2.45, 2.75) is 31.2 Å². The maximum atomic E-state index is 13.0. The van der Waals surface area contributed by atoms with Gasteiger partial charge in [0.15, 0.2) is 0 Å². The number of benzene rings is 1. The highest BCUT2D eigenvalue weighted by Gasteiger charge is 2.42. The molecule has 2 amide bonds. The van der Waals surface area contributed by atoms with E-state index < -0.39 is 24.3 Å². The summed E-state index contributed by atoms with van der Waals surface area (Å²) in [6.45, 7) is 0.132. The summed E-state index contributed by atoms with van der Waals surface area (Å²) < 4.78 is 22.0. The molecular formula is C24H30N2O9. The van der Waals surface area contributed by atoms with Crippen molar-refractivity contribution in [1.29, 1.82) is 0 Å². The van der Waals surface area contributed by atoms with Crippen LogP contribution in [0, 0.1) is 0 Å². The van der Waals surface area contributed by atoms with E-state index in [1.165, 1.54) is 6.26 Å². The first-order valence-electron chi connectivity index (χ1n) is 11.3. The SMILES string of the molecule is O=C(CCNC(=O)C1=CC2OCOC2C(OC(=O)c2ccccc2C=COCCO)C1)NCCO. The molecule has 1 aliphatic heterocycles. The maximum Gasteiger partial charge on any atom is 0.339 e. The van der Waals surface area contributed by atoms with Crippen LogP contribution in [0.1, 0.15) is 28.8 Å². The van der Waals surface area contributed by atoms with Crippen LogP contribution in [0.3, 0.4) is 0 Å². The van der Waals surface area contributed by atoms with Gasteiger partial charge in [-0.05, 0) is 23.8 Å². The van der Waals surface area contributed by atoms with Gasteiger partial charge in [-0.3, -0.25) is 9.59 Å². The highest BCUT2D eigenvalue weighted by molar-refractivity contribution is 5.95. The molecule has 0 bridgehead atoms. The average molecular weight is 491 g/mol. The fraction of sp³-hybridized carbons (Fsp3) is 0.458. The van der Waals surface area contributed by atoms with Crippen molar-refractivity contribution in [2.24, 2.45) is 0 Å². The quantitative estimate of drug-likeness (QED) is 0.178. The predicted octanol–water partition coefficient (Wildman–Crippen LogP) is -0.122. The molecule has 190 valence electrons. The molecule has 1 heterocycles. The monoisotopic (exact) mass is 490 g/mol. The van der Waals surface area contributed by atoms with Crippen molar-refractivity contribution < 1.29 is 43.5 Å². The minimum Gasteiger partial charge on any atom is -0.499 e. The number of esters is 1. The van der Waals surface area contributed by atoms with Crippen LogP contribution in [0.4, 0.5) is 0 Å². The molecule has 0 spiro atoms.